The SMILES string of the molecule is CC(C)Cn1cc(-c2ccc3[nH]cc(-c4cc(=O)n5c(n4)N(C(C)C)C(C)(C)C5)c3c2)cn1. The van der Waals surface area contributed by atoms with Crippen molar-refractivity contribution in [3.63, 3.8) is 0 Å². The molecule has 0 saturated carbocycles. The first-order chi connectivity index (χ1) is 15.6. The number of hydrogen-bond acceptors (Lipinski definition) is 4. The minimum absolute atomic E-state index is 0.00769. The normalized spacial score (nSPS) is 15.2. The van der Waals surface area contributed by atoms with E-state index in [1.54, 1.807) is 10.6 Å². The lowest BCUT2D eigenvalue weighted by Crippen LogP contribution is -2.45. The number of nitrogens with one attached hydrogen (secondary N) is 1. The van der Waals surface area contributed by atoms with Gasteiger partial charge in [0.05, 0.1) is 24.0 Å². The van der Waals surface area contributed by atoms with Crippen LogP contribution in [0, 0.1) is 5.92 Å². The van der Waals surface area contributed by atoms with Crippen LogP contribution >= 0.6 is 0 Å². The molecular formula is C26H32N6O. The Labute approximate surface area is 194 Å². The molecule has 33 heavy (non-hydrogen) atoms. The van der Waals surface area contributed by atoms with Gasteiger partial charge in [0.2, 0.25) is 5.95 Å². The fraction of sp³-hybridized carbons (Fsp3) is 0.423. The van der Waals surface area contributed by atoms with Crippen LogP contribution in [0.1, 0.15) is 41.5 Å². The summed E-state index contributed by atoms with van der Waals surface area (Å²) in [4.78, 5) is 23.7. The molecule has 0 amide bonds. The number of hydrogen-bond donors (Lipinski definition) is 1. The monoisotopic (exact) mass is 444 g/mol. The van der Waals surface area contributed by atoms with Crippen molar-refractivity contribution in [2.24, 2.45) is 5.92 Å². The topological polar surface area (TPSA) is 71.7 Å². The van der Waals surface area contributed by atoms with Gasteiger partial charge in [0.15, 0.2) is 0 Å². The van der Waals surface area contributed by atoms with Crippen LogP contribution in [-0.2, 0) is 13.1 Å². The van der Waals surface area contributed by atoms with Crippen molar-refractivity contribution < 1.29 is 0 Å². The van der Waals surface area contributed by atoms with Crippen LogP contribution in [0.25, 0.3) is 33.3 Å². The Balaban J connectivity index is 1.60. The maximum absolute atomic E-state index is 13.1. The van der Waals surface area contributed by atoms with Gasteiger partial charge in [-0.05, 0) is 51.3 Å². The number of nitrogens with zero attached hydrogens (tertiary/aromatic N) is 5. The van der Waals surface area contributed by atoms with Crippen molar-refractivity contribution in [2.75, 3.05) is 4.90 Å². The molecule has 4 aromatic rings. The van der Waals surface area contributed by atoms with E-state index in [4.69, 9.17) is 4.98 Å². The highest BCUT2D eigenvalue weighted by molar-refractivity contribution is 5.97. The van der Waals surface area contributed by atoms with Crippen molar-refractivity contribution >= 4 is 16.9 Å². The van der Waals surface area contributed by atoms with Gasteiger partial charge in [0, 0.05) is 53.1 Å². The zero-order chi connectivity index (χ0) is 23.5. The lowest BCUT2D eigenvalue weighted by molar-refractivity contribution is 0.425. The maximum atomic E-state index is 13.1. The summed E-state index contributed by atoms with van der Waals surface area (Å²) in [7, 11) is 0. The van der Waals surface area contributed by atoms with Gasteiger partial charge in [-0.2, -0.15) is 5.10 Å². The third kappa shape index (κ3) is 3.65. The highest BCUT2D eigenvalue weighted by Gasteiger charge is 2.39. The van der Waals surface area contributed by atoms with Crippen molar-refractivity contribution in [1.82, 2.24) is 24.3 Å². The van der Waals surface area contributed by atoms with Crippen LogP contribution in [0.4, 0.5) is 5.95 Å². The minimum atomic E-state index is -0.157. The largest absolute Gasteiger partial charge is 0.360 e. The zero-order valence-electron chi connectivity index (χ0n) is 20.3. The molecule has 0 aliphatic carbocycles. The first-order valence-electron chi connectivity index (χ1n) is 11.7. The number of aromatic amines is 1. The zero-order valence-corrected chi connectivity index (χ0v) is 20.3. The van der Waals surface area contributed by atoms with Crippen LogP contribution in [-0.4, -0.2) is 35.9 Å². The highest BCUT2D eigenvalue weighted by Crippen LogP contribution is 2.36. The molecule has 4 heterocycles. The van der Waals surface area contributed by atoms with E-state index in [-0.39, 0.29) is 17.1 Å². The van der Waals surface area contributed by atoms with E-state index in [9.17, 15) is 4.79 Å². The standard InChI is InChI=1S/C26H32N6O/c1-16(2)13-30-14-19(11-28-30)18-7-8-22-20(9-18)21(12-27-22)23-10-24(33)31-15-26(5,6)32(17(3)4)25(31)29-23/h7-12,14,16-17,27H,13,15H2,1-6H3. The quantitative estimate of drug-likeness (QED) is 0.474. The molecule has 5 rings (SSSR count). The Morgan fingerprint density at radius 1 is 1.12 bits per heavy atom. The molecule has 1 aromatic carbocycles. The molecule has 0 fully saturated rings. The average molecular weight is 445 g/mol. The molecule has 1 aliphatic heterocycles. The number of aromatic nitrogens is 5. The summed E-state index contributed by atoms with van der Waals surface area (Å²) in [5, 5.41) is 5.57. The summed E-state index contributed by atoms with van der Waals surface area (Å²) in [6, 6.07) is 8.26. The highest BCUT2D eigenvalue weighted by atomic mass is 16.1. The lowest BCUT2D eigenvalue weighted by Gasteiger charge is -2.35. The molecule has 172 valence electrons. The van der Waals surface area contributed by atoms with Gasteiger partial charge in [-0.25, -0.2) is 4.98 Å². The Hall–Kier alpha value is -3.35. The van der Waals surface area contributed by atoms with Gasteiger partial charge >= 0.3 is 0 Å². The van der Waals surface area contributed by atoms with E-state index in [2.05, 4.69) is 80.9 Å². The second kappa shape index (κ2) is 7.61. The molecule has 0 radical (unpaired) electrons. The van der Waals surface area contributed by atoms with Crippen molar-refractivity contribution in [1.29, 1.82) is 0 Å². The van der Waals surface area contributed by atoms with Crippen LogP contribution in [0.2, 0.25) is 0 Å². The fourth-order valence-electron chi connectivity index (χ4n) is 5.13. The van der Waals surface area contributed by atoms with E-state index < -0.39 is 0 Å². The smallest absolute Gasteiger partial charge is 0.255 e. The molecule has 1 N–H and O–H groups in total. The predicted octanol–water partition coefficient (Wildman–Crippen LogP) is 4.92. The van der Waals surface area contributed by atoms with Gasteiger partial charge < -0.3 is 9.88 Å². The van der Waals surface area contributed by atoms with Crippen LogP contribution in [0.15, 0.2) is 47.7 Å². The summed E-state index contributed by atoms with van der Waals surface area (Å²) in [6.07, 6.45) is 5.96. The van der Waals surface area contributed by atoms with E-state index in [0.29, 0.717) is 18.2 Å². The number of fused-ring (bicyclic) bond motifs is 2. The van der Waals surface area contributed by atoms with Gasteiger partial charge in [0.25, 0.3) is 5.56 Å². The Morgan fingerprint density at radius 2 is 1.91 bits per heavy atom. The summed E-state index contributed by atoms with van der Waals surface area (Å²) in [5.41, 5.74) is 4.68. The third-order valence-electron chi connectivity index (χ3n) is 6.39. The molecule has 0 unspecified atom stereocenters. The Bertz CT molecular complexity index is 1390. The molecule has 7 nitrogen and oxygen atoms in total. The molecule has 1 aliphatic rings. The predicted molar refractivity (Wildman–Crippen MR) is 134 cm³/mol. The van der Waals surface area contributed by atoms with Crippen LogP contribution < -0.4 is 10.5 Å². The second-order valence-corrected chi connectivity index (χ2v) is 10.4. The number of anilines is 1. The molecule has 0 atom stereocenters. The van der Waals surface area contributed by atoms with Gasteiger partial charge in [-0.3, -0.25) is 14.0 Å². The number of H-pyrrole nitrogens is 1. The summed E-state index contributed by atoms with van der Waals surface area (Å²) in [6.45, 7) is 14.5. The maximum Gasteiger partial charge on any atom is 0.255 e. The summed E-state index contributed by atoms with van der Waals surface area (Å²) < 4.78 is 3.79. The Kier molecular flexibility index (Phi) is 4.96. The van der Waals surface area contributed by atoms with E-state index in [0.717, 1.165) is 40.1 Å². The van der Waals surface area contributed by atoms with Crippen molar-refractivity contribution in [3.05, 3.63) is 53.2 Å². The first-order valence-corrected chi connectivity index (χ1v) is 11.7. The summed E-state index contributed by atoms with van der Waals surface area (Å²) in [5.74, 6) is 1.29. The van der Waals surface area contributed by atoms with Crippen molar-refractivity contribution in [2.45, 2.75) is 66.2 Å². The molecule has 0 bridgehead atoms. The second-order valence-electron chi connectivity index (χ2n) is 10.4. The molecule has 3 aromatic heterocycles. The molecular weight excluding hydrogens is 412 g/mol. The fourth-order valence-corrected chi connectivity index (χ4v) is 5.13. The molecule has 0 spiro atoms. The average Bonchev–Trinajstić information content (AvgIpc) is 3.41. The van der Waals surface area contributed by atoms with Gasteiger partial charge in [0.1, 0.15) is 0 Å². The van der Waals surface area contributed by atoms with Gasteiger partial charge in [-0.1, -0.05) is 19.9 Å². The van der Waals surface area contributed by atoms with Crippen molar-refractivity contribution in [3.8, 4) is 22.4 Å². The number of benzene rings is 1. The molecule has 7 heteroatoms. The van der Waals surface area contributed by atoms with Crippen LogP contribution in [0.3, 0.4) is 0 Å². The lowest BCUT2D eigenvalue weighted by atomic mass is 10.0. The third-order valence-corrected chi connectivity index (χ3v) is 6.39. The van der Waals surface area contributed by atoms with Gasteiger partial charge in [-0.15, -0.1) is 0 Å². The van der Waals surface area contributed by atoms with E-state index >= 15 is 0 Å². The Morgan fingerprint density at radius 3 is 2.64 bits per heavy atom. The summed E-state index contributed by atoms with van der Waals surface area (Å²) >= 11 is 0. The number of rotatable bonds is 5. The van der Waals surface area contributed by atoms with E-state index in [1.165, 1.54) is 0 Å². The molecule has 0 saturated heterocycles. The van der Waals surface area contributed by atoms with Crippen LogP contribution in [0.5, 0.6) is 0 Å². The minimum Gasteiger partial charge on any atom is -0.360 e. The van der Waals surface area contributed by atoms with E-state index in [1.807, 2.05) is 17.1 Å². The first kappa shape index (κ1) is 21.5.